The zero-order chi connectivity index (χ0) is 10.1. The van der Waals surface area contributed by atoms with Gasteiger partial charge in [-0.05, 0) is 17.3 Å². The molecule has 0 aliphatic rings. The predicted molar refractivity (Wildman–Crippen MR) is 49.1 cm³/mol. The first-order chi connectivity index (χ1) is 6.68. The first kappa shape index (κ1) is 8.96. The molecule has 0 spiro atoms. The maximum atomic E-state index is 13.0. The monoisotopic (exact) mass is 213 g/mol. The number of hydrogen-bond acceptors (Lipinski definition) is 4. The Kier molecular flexibility index (Phi) is 2.09. The highest BCUT2D eigenvalue weighted by Crippen LogP contribution is 2.28. The van der Waals surface area contributed by atoms with Gasteiger partial charge >= 0.3 is 0 Å². The van der Waals surface area contributed by atoms with Crippen LogP contribution in [0.25, 0.3) is 11.5 Å². The van der Waals surface area contributed by atoms with E-state index in [2.05, 4.69) is 10.1 Å². The van der Waals surface area contributed by atoms with Crippen LogP contribution in [-0.2, 0) is 0 Å². The second kappa shape index (κ2) is 3.26. The molecule has 6 heteroatoms. The molecule has 0 bridgehead atoms. The molecule has 0 fully saturated rings. The molecule has 0 radical (unpaired) electrons. The van der Waals surface area contributed by atoms with Gasteiger partial charge in [-0.2, -0.15) is 4.98 Å². The standard InChI is InChI=1S/C8H5ClFN3O/c9-6-4(2-1-3-5(6)10)7-12-8(11)13-14-7/h1-3H,(H2,11,13). The summed E-state index contributed by atoms with van der Waals surface area (Å²) in [4.78, 5) is 3.73. The lowest BCUT2D eigenvalue weighted by Gasteiger charge is -1.98. The van der Waals surface area contributed by atoms with Crippen molar-refractivity contribution in [2.45, 2.75) is 0 Å². The molecule has 2 aromatic rings. The Bertz CT molecular complexity index is 471. The molecule has 1 aromatic heterocycles. The number of anilines is 1. The summed E-state index contributed by atoms with van der Waals surface area (Å²) < 4.78 is 17.8. The lowest BCUT2D eigenvalue weighted by molar-refractivity contribution is 0.433. The number of nitrogens with zero attached hydrogens (tertiary/aromatic N) is 2. The summed E-state index contributed by atoms with van der Waals surface area (Å²) in [5.74, 6) is -0.451. The Morgan fingerprint density at radius 1 is 1.43 bits per heavy atom. The second-order valence-corrected chi connectivity index (χ2v) is 2.94. The number of benzene rings is 1. The van der Waals surface area contributed by atoms with E-state index < -0.39 is 5.82 Å². The number of halogens is 2. The third-order valence-corrected chi connectivity index (χ3v) is 2.01. The Morgan fingerprint density at radius 2 is 2.21 bits per heavy atom. The Balaban J connectivity index is 2.57. The van der Waals surface area contributed by atoms with Gasteiger partial charge in [0.2, 0.25) is 0 Å². The fraction of sp³-hybridized carbons (Fsp3) is 0. The van der Waals surface area contributed by atoms with Gasteiger partial charge in [-0.15, -0.1) is 0 Å². The van der Waals surface area contributed by atoms with Gasteiger partial charge in [0.1, 0.15) is 5.82 Å². The topological polar surface area (TPSA) is 64.9 Å². The molecular weight excluding hydrogens is 209 g/mol. The molecule has 14 heavy (non-hydrogen) atoms. The molecule has 2 N–H and O–H groups in total. The van der Waals surface area contributed by atoms with Crippen LogP contribution in [0.15, 0.2) is 22.7 Å². The Morgan fingerprint density at radius 3 is 2.86 bits per heavy atom. The number of nitrogen functional groups attached to an aromatic ring is 1. The van der Waals surface area contributed by atoms with Gasteiger partial charge in [-0.1, -0.05) is 17.7 Å². The molecule has 1 heterocycles. The molecule has 2 rings (SSSR count). The zero-order valence-electron chi connectivity index (χ0n) is 6.87. The van der Waals surface area contributed by atoms with Crippen molar-refractivity contribution in [2.75, 3.05) is 5.73 Å². The van der Waals surface area contributed by atoms with Crippen molar-refractivity contribution < 1.29 is 8.91 Å². The van der Waals surface area contributed by atoms with Crippen LogP contribution in [0.2, 0.25) is 5.02 Å². The van der Waals surface area contributed by atoms with E-state index in [0.29, 0.717) is 5.56 Å². The summed E-state index contributed by atoms with van der Waals surface area (Å²) in [5.41, 5.74) is 5.58. The molecule has 4 nitrogen and oxygen atoms in total. The molecule has 72 valence electrons. The largest absolute Gasteiger partial charge is 0.365 e. The molecule has 0 atom stereocenters. The zero-order valence-corrected chi connectivity index (χ0v) is 7.62. The van der Waals surface area contributed by atoms with Crippen LogP contribution in [0, 0.1) is 5.82 Å². The normalized spacial score (nSPS) is 10.4. The van der Waals surface area contributed by atoms with E-state index in [1.807, 2.05) is 0 Å². The van der Waals surface area contributed by atoms with E-state index in [9.17, 15) is 4.39 Å². The van der Waals surface area contributed by atoms with Crippen LogP contribution in [0.4, 0.5) is 10.3 Å². The summed E-state index contributed by atoms with van der Waals surface area (Å²) >= 11 is 5.69. The average molecular weight is 214 g/mol. The Hall–Kier alpha value is -1.62. The number of nitrogens with two attached hydrogens (primary N) is 1. The maximum Gasteiger partial charge on any atom is 0.261 e. The van der Waals surface area contributed by atoms with Crippen molar-refractivity contribution in [1.29, 1.82) is 0 Å². The highest BCUT2D eigenvalue weighted by molar-refractivity contribution is 6.33. The summed E-state index contributed by atoms with van der Waals surface area (Å²) in [6.07, 6.45) is 0. The number of hydrogen-bond donors (Lipinski definition) is 1. The van der Waals surface area contributed by atoms with Crippen LogP contribution < -0.4 is 5.73 Å². The highest BCUT2D eigenvalue weighted by Gasteiger charge is 2.13. The minimum Gasteiger partial charge on any atom is -0.365 e. The van der Waals surface area contributed by atoms with E-state index in [4.69, 9.17) is 21.9 Å². The van der Waals surface area contributed by atoms with Crippen LogP contribution in [-0.4, -0.2) is 10.1 Å². The quantitative estimate of drug-likeness (QED) is 0.788. The maximum absolute atomic E-state index is 13.0. The van der Waals surface area contributed by atoms with E-state index >= 15 is 0 Å². The van der Waals surface area contributed by atoms with Crippen molar-refractivity contribution in [3.05, 3.63) is 29.0 Å². The number of rotatable bonds is 1. The molecule has 0 unspecified atom stereocenters. The van der Waals surface area contributed by atoms with Crippen molar-refractivity contribution in [1.82, 2.24) is 10.1 Å². The summed E-state index contributed by atoms with van der Waals surface area (Å²) in [6.45, 7) is 0. The van der Waals surface area contributed by atoms with E-state index in [1.165, 1.54) is 12.1 Å². The van der Waals surface area contributed by atoms with Crippen molar-refractivity contribution in [3.8, 4) is 11.5 Å². The van der Waals surface area contributed by atoms with Crippen molar-refractivity contribution in [2.24, 2.45) is 0 Å². The van der Waals surface area contributed by atoms with Gasteiger partial charge < -0.3 is 10.3 Å². The third-order valence-electron chi connectivity index (χ3n) is 1.62. The van der Waals surface area contributed by atoms with Gasteiger partial charge in [0, 0.05) is 0 Å². The molecule has 0 amide bonds. The van der Waals surface area contributed by atoms with Crippen LogP contribution in [0.5, 0.6) is 0 Å². The summed E-state index contributed by atoms with van der Waals surface area (Å²) in [6, 6.07) is 4.31. The predicted octanol–water partition coefficient (Wildman–Crippen LogP) is 2.11. The van der Waals surface area contributed by atoms with Crippen molar-refractivity contribution >= 4 is 17.5 Å². The van der Waals surface area contributed by atoms with Gasteiger partial charge in [-0.25, -0.2) is 4.39 Å². The minimum atomic E-state index is -0.541. The van der Waals surface area contributed by atoms with Crippen LogP contribution in [0.3, 0.4) is 0 Å². The van der Waals surface area contributed by atoms with Crippen LogP contribution >= 0.6 is 11.6 Å². The van der Waals surface area contributed by atoms with Gasteiger partial charge in [-0.3, -0.25) is 0 Å². The van der Waals surface area contributed by atoms with Crippen LogP contribution in [0.1, 0.15) is 0 Å². The molecule has 1 aromatic carbocycles. The van der Waals surface area contributed by atoms with E-state index in [1.54, 1.807) is 6.07 Å². The third kappa shape index (κ3) is 1.42. The van der Waals surface area contributed by atoms with Gasteiger partial charge in [0.15, 0.2) is 0 Å². The first-order valence-corrected chi connectivity index (χ1v) is 4.10. The second-order valence-electron chi connectivity index (χ2n) is 2.56. The summed E-state index contributed by atoms with van der Waals surface area (Å²) in [7, 11) is 0. The van der Waals surface area contributed by atoms with Gasteiger partial charge in [0.25, 0.3) is 11.8 Å². The average Bonchev–Trinajstić information content (AvgIpc) is 2.57. The summed E-state index contributed by atoms with van der Waals surface area (Å²) in [5, 5.41) is 3.32. The first-order valence-electron chi connectivity index (χ1n) is 3.72. The lowest BCUT2D eigenvalue weighted by atomic mass is 10.2. The smallest absolute Gasteiger partial charge is 0.261 e. The van der Waals surface area contributed by atoms with Gasteiger partial charge in [0.05, 0.1) is 10.6 Å². The fourth-order valence-corrected chi connectivity index (χ4v) is 1.22. The van der Waals surface area contributed by atoms with E-state index in [-0.39, 0.29) is 16.9 Å². The molecule has 0 saturated carbocycles. The molecule has 0 aliphatic heterocycles. The molecule has 0 saturated heterocycles. The minimum absolute atomic E-state index is 0.0136. The fourth-order valence-electron chi connectivity index (χ4n) is 1.01. The Labute approximate surface area is 83.5 Å². The highest BCUT2D eigenvalue weighted by atomic mass is 35.5. The molecule has 0 aliphatic carbocycles. The SMILES string of the molecule is Nc1noc(-c2cccc(F)c2Cl)n1. The van der Waals surface area contributed by atoms with Crippen molar-refractivity contribution in [3.63, 3.8) is 0 Å². The number of aromatic nitrogens is 2. The molecular formula is C8H5ClFN3O. The van der Waals surface area contributed by atoms with E-state index in [0.717, 1.165) is 0 Å². The lowest BCUT2D eigenvalue weighted by Crippen LogP contribution is -1.87.